The van der Waals surface area contributed by atoms with E-state index in [4.69, 9.17) is 23.2 Å². The first kappa shape index (κ1) is 16.2. The predicted octanol–water partition coefficient (Wildman–Crippen LogP) is 4.76. The Hall–Kier alpha value is -1.71. The minimum atomic E-state index is 0.0640. The number of amides is 1. The van der Waals surface area contributed by atoms with E-state index in [9.17, 15) is 4.79 Å². The van der Waals surface area contributed by atoms with E-state index in [0.29, 0.717) is 16.6 Å². The van der Waals surface area contributed by atoms with Crippen LogP contribution in [0.3, 0.4) is 0 Å². The highest BCUT2D eigenvalue weighted by atomic mass is 35.5. The van der Waals surface area contributed by atoms with E-state index in [1.807, 2.05) is 41.3 Å². The number of hydrogen-bond donors (Lipinski definition) is 0. The molecule has 1 heterocycles. The second-order valence-electron chi connectivity index (χ2n) is 5.84. The zero-order valence-corrected chi connectivity index (χ0v) is 14.6. The SMILES string of the molecule is CC(=O)N1c2ccccc2N(Cc2ccc(Cl)cc2Cl)C[C@@H]1C. The lowest BCUT2D eigenvalue weighted by Crippen LogP contribution is -2.49. The van der Waals surface area contributed by atoms with E-state index in [1.54, 1.807) is 13.0 Å². The van der Waals surface area contributed by atoms with Crippen LogP contribution in [-0.2, 0) is 11.3 Å². The first-order valence-corrected chi connectivity index (χ1v) is 8.30. The lowest BCUT2D eigenvalue weighted by molar-refractivity contribution is -0.117. The van der Waals surface area contributed by atoms with Crippen LogP contribution in [0.5, 0.6) is 0 Å². The van der Waals surface area contributed by atoms with E-state index < -0.39 is 0 Å². The lowest BCUT2D eigenvalue weighted by Gasteiger charge is -2.42. The normalized spacial score (nSPS) is 17.1. The van der Waals surface area contributed by atoms with Crippen LogP contribution in [0.25, 0.3) is 0 Å². The summed E-state index contributed by atoms with van der Waals surface area (Å²) in [6.45, 7) is 5.12. The average Bonchev–Trinajstić information content (AvgIpc) is 2.49. The minimum absolute atomic E-state index is 0.0640. The van der Waals surface area contributed by atoms with Crippen LogP contribution >= 0.6 is 23.2 Å². The fourth-order valence-electron chi connectivity index (χ4n) is 3.16. The van der Waals surface area contributed by atoms with Gasteiger partial charge in [-0.25, -0.2) is 0 Å². The highest BCUT2D eigenvalue weighted by molar-refractivity contribution is 6.35. The van der Waals surface area contributed by atoms with Crippen LogP contribution in [0.4, 0.5) is 11.4 Å². The van der Waals surface area contributed by atoms with Crippen molar-refractivity contribution in [3.05, 3.63) is 58.1 Å². The fraction of sp³-hybridized carbons (Fsp3) is 0.278. The van der Waals surface area contributed by atoms with Gasteiger partial charge in [0.05, 0.1) is 17.4 Å². The summed E-state index contributed by atoms with van der Waals surface area (Å²) in [6, 6.07) is 13.7. The number of para-hydroxylation sites is 2. The molecule has 5 heteroatoms. The number of carbonyl (C=O) groups excluding carboxylic acids is 1. The molecule has 2 aromatic carbocycles. The maximum absolute atomic E-state index is 12.0. The maximum atomic E-state index is 12.0. The van der Waals surface area contributed by atoms with E-state index in [2.05, 4.69) is 11.8 Å². The van der Waals surface area contributed by atoms with Crippen LogP contribution in [0.15, 0.2) is 42.5 Å². The fourth-order valence-corrected chi connectivity index (χ4v) is 3.63. The first-order valence-electron chi connectivity index (χ1n) is 7.55. The molecule has 0 N–H and O–H groups in total. The Bertz CT molecular complexity index is 748. The second-order valence-corrected chi connectivity index (χ2v) is 6.69. The number of fused-ring (bicyclic) bond motifs is 1. The molecule has 1 amide bonds. The molecule has 0 fully saturated rings. The molecule has 2 aromatic rings. The van der Waals surface area contributed by atoms with Crippen LogP contribution in [-0.4, -0.2) is 18.5 Å². The van der Waals surface area contributed by atoms with Crippen molar-refractivity contribution in [2.45, 2.75) is 26.4 Å². The van der Waals surface area contributed by atoms with Crippen molar-refractivity contribution >= 4 is 40.5 Å². The summed E-state index contributed by atoms with van der Waals surface area (Å²) in [4.78, 5) is 16.1. The molecule has 0 aliphatic carbocycles. The number of anilines is 2. The van der Waals surface area contributed by atoms with Crippen molar-refractivity contribution in [3.63, 3.8) is 0 Å². The Morgan fingerprint density at radius 2 is 1.87 bits per heavy atom. The van der Waals surface area contributed by atoms with E-state index in [0.717, 1.165) is 23.5 Å². The molecular weight excluding hydrogens is 331 g/mol. The number of rotatable bonds is 2. The summed E-state index contributed by atoms with van der Waals surface area (Å²) in [5, 5.41) is 1.30. The van der Waals surface area contributed by atoms with Crippen LogP contribution in [0.2, 0.25) is 10.0 Å². The van der Waals surface area contributed by atoms with Gasteiger partial charge in [-0.05, 0) is 36.8 Å². The summed E-state index contributed by atoms with van der Waals surface area (Å²) in [5.41, 5.74) is 3.02. The molecule has 0 unspecified atom stereocenters. The van der Waals surface area contributed by atoms with Crippen molar-refractivity contribution in [2.24, 2.45) is 0 Å². The van der Waals surface area contributed by atoms with Crippen molar-refractivity contribution in [1.82, 2.24) is 0 Å². The quantitative estimate of drug-likeness (QED) is 0.781. The van der Waals surface area contributed by atoms with Crippen molar-refractivity contribution in [1.29, 1.82) is 0 Å². The molecule has 1 aliphatic rings. The molecule has 0 saturated heterocycles. The first-order chi connectivity index (χ1) is 11.0. The second kappa shape index (κ2) is 6.42. The van der Waals surface area contributed by atoms with E-state index >= 15 is 0 Å². The molecule has 0 aromatic heterocycles. The Morgan fingerprint density at radius 1 is 1.17 bits per heavy atom. The zero-order chi connectivity index (χ0) is 16.6. The zero-order valence-electron chi connectivity index (χ0n) is 13.1. The van der Waals surface area contributed by atoms with Gasteiger partial charge in [-0.1, -0.05) is 41.4 Å². The number of carbonyl (C=O) groups is 1. The lowest BCUT2D eigenvalue weighted by atomic mass is 10.1. The third-order valence-electron chi connectivity index (χ3n) is 4.12. The van der Waals surface area contributed by atoms with Crippen molar-refractivity contribution < 1.29 is 4.79 Å². The summed E-state index contributed by atoms with van der Waals surface area (Å²) >= 11 is 12.3. The smallest absolute Gasteiger partial charge is 0.224 e. The van der Waals surface area contributed by atoms with Gasteiger partial charge in [0.25, 0.3) is 0 Å². The van der Waals surface area contributed by atoms with Crippen molar-refractivity contribution in [3.8, 4) is 0 Å². The summed E-state index contributed by atoms with van der Waals surface area (Å²) in [6.07, 6.45) is 0. The Kier molecular flexibility index (Phi) is 4.51. The average molecular weight is 349 g/mol. The van der Waals surface area contributed by atoms with Gasteiger partial charge in [-0.2, -0.15) is 0 Å². The Labute approximate surface area is 146 Å². The molecule has 0 saturated carbocycles. The number of nitrogens with zero attached hydrogens (tertiary/aromatic N) is 2. The van der Waals surface area contributed by atoms with Gasteiger partial charge in [-0.15, -0.1) is 0 Å². The molecule has 3 nitrogen and oxygen atoms in total. The summed E-state index contributed by atoms with van der Waals surface area (Å²) in [7, 11) is 0. The molecule has 120 valence electrons. The Morgan fingerprint density at radius 3 is 2.52 bits per heavy atom. The molecule has 1 atom stereocenters. The highest BCUT2D eigenvalue weighted by Crippen LogP contribution is 2.37. The largest absolute Gasteiger partial charge is 0.363 e. The summed E-state index contributed by atoms with van der Waals surface area (Å²) in [5.74, 6) is 0.0640. The van der Waals surface area contributed by atoms with E-state index in [-0.39, 0.29) is 11.9 Å². The molecule has 3 rings (SSSR count). The highest BCUT2D eigenvalue weighted by Gasteiger charge is 2.30. The summed E-state index contributed by atoms with van der Waals surface area (Å²) < 4.78 is 0. The van der Waals surface area contributed by atoms with Gasteiger partial charge >= 0.3 is 0 Å². The van der Waals surface area contributed by atoms with Crippen LogP contribution in [0, 0.1) is 0 Å². The Balaban J connectivity index is 1.97. The van der Waals surface area contributed by atoms with Crippen LogP contribution in [0.1, 0.15) is 19.4 Å². The minimum Gasteiger partial charge on any atom is -0.363 e. The van der Waals surface area contributed by atoms with Gasteiger partial charge in [0.2, 0.25) is 5.91 Å². The molecule has 0 spiro atoms. The third-order valence-corrected chi connectivity index (χ3v) is 4.71. The number of halogens is 2. The monoisotopic (exact) mass is 348 g/mol. The van der Waals surface area contributed by atoms with E-state index in [1.165, 1.54) is 0 Å². The van der Waals surface area contributed by atoms with Gasteiger partial charge in [-0.3, -0.25) is 4.79 Å². The molecular formula is C18H18Cl2N2O. The van der Waals surface area contributed by atoms with Gasteiger partial charge in [0, 0.05) is 30.1 Å². The molecule has 23 heavy (non-hydrogen) atoms. The molecule has 0 radical (unpaired) electrons. The molecule has 0 bridgehead atoms. The van der Waals surface area contributed by atoms with Crippen LogP contribution < -0.4 is 9.80 Å². The number of benzene rings is 2. The van der Waals surface area contributed by atoms with Crippen molar-refractivity contribution in [2.75, 3.05) is 16.3 Å². The number of hydrogen-bond acceptors (Lipinski definition) is 2. The standard InChI is InChI=1S/C18H18Cl2N2O/c1-12-10-21(11-14-7-8-15(19)9-16(14)20)17-5-3-4-6-18(17)22(12)13(2)23/h3-9,12H,10-11H2,1-2H3/t12-/m0/s1. The maximum Gasteiger partial charge on any atom is 0.224 e. The van der Waals surface area contributed by atoms with Gasteiger partial charge < -0.3 is 9.80 Å². The van der Waals surface area contributed by atoms with Gasteiger partial charge in [0.15, 0.2) is 0 Å². The topological polar surface area (TPSA) is 23.6 Å². The third kappa shape index (κ3) is 3.17. The predicted molar refractivity (Wildman–Crippen MR) is 96.6 cm³/mol. The van der Waals surface area contributed by atoms with Gasteiger partial charge in [0.1, 0.15) is 0 Å². The molecule has 1 aliphatic heterocycles.